The van der Waals surface area contributed by atoms with Gasteiger partial charge in [-0.15, -0.1) is 11.3 Å². The number of Topliss-reactive ketones (excluding diaryl/α,β-unsaturated/α-hetero) is 1. The Morgan fingerprint density at radius 1 is 1.35 bits per heavy atom. The predicted octanol–water partition coefficient (Wildman–Crippen LogP) is 1.99. The van der Waals surface area contributed by atoms with E-state index in [1.807, 2.05) is 17.5 Å². The molecule has 0 saturated carbocycles. The van der Waals surface area contributed by atoms with E-state index in [0.717, 1.165) is 5.56 Å². The SMILES string of the molecule is NCCOCC(=O)Cc1csc2ccccc12. The highest BCUT2D eigenvalue weighted by Gasteiger charge is 2.08. The lowest BCUT2D eigenvalue weighted by Gasteiger charge is -2.01. The van der Waals surface area contributed by atoms with Crippen LogP contribution in [-0.2, 0) is 16.0 Å². The topological polar surface area (TPSA) is 52.3 Å². The van der Waals surface area contributed by atoms with Gasteiger partial charge < -0.3 is 10.5 Å². The molecule has 2 rings (SSSR count). The van der Waals surface area contributed by atoms with Crippen molar-refractivity contribution in [3.05, 3.63) is 35.2 Å². The first kappa shape index (κ1) is 12.2. The molecule has 0 atom stereocenters. The number of carbonyl (C=O) groups excluding carboxylic acids is 1. The second kappa shape index (κ2) is 5.91. The number of ether oxygens (including phenoxy) is 1. The summed E-state index contributed by atoms with van der Waals surface area (Å²) in [5.74, 6) is 0.0991. The summed E-state index contributed by atoms with van der Waals surface area (Å²) < 4.78 is 6.35. The van der Waals surface area contributed by atoms with Crippen LogP contribution in [0.3, 0.4) is 0 Å². The van der Waals surface area contributed by atoms with E-state index in [1.165, 1.54) is 10.1 Å². The lowest BCUT2D eigenvalue weighted by Crippen LogP contribution is -2.15. The van der Waals surface area contributed by atoms with Crippen LogP contribution in [0.2, 0.25) is 0 Å². The van der Waals surface area contributed by atoms with Gasteiger partial charge in [-0.25, -0.2) is 0 Å². The Balaban J connectivity index is 2.01. The first-order chi connectivity index (χ1) is 8.31. The van der Waals surface area contributed by atoms with Crippen LogP contribution >= 0.6 is 11.3 Å². The highest BCUT2D eigenvalue weighted by atomic mass is 32.1. The van der Waals surface area contributed by atoms with Crippen molar-refractivity contribution in [1.82, 2.24) is 0 Å². The van der Waals surface area contributed by atoms with Crippen LogP contribution in [0.15, 0.2) is 29.6 Å². The first-order valence-electron chi connectivity index (χ1n) is 5.56. The second-order valence-corrected chi connectivity index (χ2v) is 4.73. The van der Waals surface area contributed by atoms with E-state index in [9.17, 15) is 4.79 Å². The summed E-state index contributed by atoms with van der Waals surface area (Å²) in [5.41, 5.74) is 6.38. The van der Waals surface area contributed by atoms with E-state index < -0.39 is 0 Å². The molecular formula is C13H15NO2S. The van der Waals surface area contributed by atoms with Gasteiger partial charge in [0.15, 0.2) is 5.78 Å². The minimum atomic E-state index is 0.0991. The highest BCUT2D eigenvalue weighted by molar-refractivity contribution is 7.17. The molecule has 0 radical (unpaired) electrons. The molecular weight excluding hydrogens is 234 g/mol. The van der Waals surface area contributed by atoms with Gasteiger partial charge in [0.2, 0.25) is 0 Å². The summed E-state index contributed by atoms with van der Waals surface area (Å²) in [6.45, 7) is 1.05. The van der Waals surface area contributed by atoms with Gasteiger partial charge in [-0.1, -0.05) is 18.2 Å². The Hall–Kier alpha value is -1.23. The van der Waals surface area contributed by atoms with Gasteiger partial charge in [-0.3, -0.25) is 4.79 Å². The fraction of sp³-hybridized carbons (Fsp3) is 0.308. The van der Waals surface area contributed by atoms with Crippen molar-refractivity contribution < 1.29 is 9.53 Å². The number of rotatable bonds is 6. The molecule has 0 spiro atoms. The molecule has 90 valence electrons. The van der Waals surface area contributed by atoms with Crippen LogP contribution in [-0.4, -0.2) is 25.5 Å². The normalized spacial score (nSPS) is 10.9. The average molecular weight is 249 g/mol. The van der Waals surface area contributed by atoms with Crippen LogP contribution < -0.4 is 5.73 Å². The number of carbonyl (C=O) groups is 1. The summed E-state index contributed by atoms with van der Waals surface area (Å²) in [4.78, 5) is 11.7. The number of ketones is 1. The third-order valence-corrected chi connectivity index (χ3v) is 3.49. The molecule has 0 amide bonds. The zero-order chi connectivity index (χ0) is 12.1. The highest BCUT2D eigenvalue weighted by Crippen LogP contribution is 2.25. The molecule has 0 unspecified atom stereocenters. The number of hydrogen-bond donors (Lipinski definition) is 1. The maximum absolute atomic E-state index is 11.7. The molecule has 0 fully saturated rings. The summed E-state index contributed by atoms with van der Waals surface area (Å²) in [6, 6.07) is 8.12. The summed E-state index contributed by atoms with van der Waals surface area (Å²) in [7, 11) is 0. The number of fused-ring (bicyclic) bond motifs is 1. The first-order valence-corrected chi connectivity index (χ1v) is 6.44. The van der Waals surface area contributed by atoms with E-state index in [4.69, 9.17) is 10.5 Å². The minimum absolute atomic E-state index is 0.0991. The van der Waals surface area contributed by atoms with Gasteiger partial charge in [0, 0.05) is 17.7 Å². The fourth-order valence-electron chi connectivity index (χ4n) is 1.70. The summed E-state index contributed by atoms with van der Waals surface area (Å²) >= 11 is 1.67. The van der Waals surface area contributed by atoms with Crippen molar-refractivity contribution in [2.24, 2.45) is 5.73 Å². The largest absolute Gasteiger partial charge is 0.372 e. The Morgan fingerprint density at radius 2 is 2.18 bits per heavy atom. The molecule has 1 aromatic carbocycles. The maximum Gasteiger partial charge on any atom is 0.162 e. The summed E-state index contributed by atoms with van der Waals surface area (Å²) in [5, 5.41) is 3.22. The minimum Gasteiger partial charge on any atom is -0.372 e. The zero-order valence-corrected chi connectivity index (χ0v) is 10.3. The third kappa shape index (κ3) is 3.12. The van der Waals surface area contributed by atoms with Crippen LogP contribution in [0, 0.1) is 0 Å². The van der Waals surface area contributed by atoms with Crippen molar-refractivity contribution in [1.29, 1.82) is 0 Å². The van der Waals surface area contributed by atoms with Gasteiger partial charge in [0.1, 0.15) is 6.61 Å². The monoisotopic (exact) mass is 249 g/mol. The lowest BCUT2D eigenvalue weighted by atomic mass is 10.1. The smallest absolute Gasteiger partial charge is 0.162 e. The molecule has 1 aromatic heterocycles. The molecule has 0 aliphatic carbocycles. The molecule has 3 nitrogen and oxygen atoms in total. The van der Waals surface area contributed by atoms with Crippen LogP contribution in [0.25, 0.3) is 10.1 Å². The number of benzene rings is 1. The van der Waals surface area contributed by atoms with E-state index in [0.29, 0.717) is 19.6 Å². The standard InChI is InChI=1S/C13H15NO2S/c14-5-6-16-8-11(15)7-10-9-17-13-4-2-1-3-12(10)13/h1-4,9H,5-8,14H2. The molecule has 2 N–H and O–H groups in total. The zero-order valence-electron chi connectivity index (χ0n) is 9.52. The van der Waals surface area contributed by atoms with Crippen molar-refractivity contribution in [3.63, 3.8) is 0 Å². The van der Waals surface area contributed by atoms with Crippen LogP contribution in [0.1, 0.15) is 5.56 Å². The number of hydrogen-bond acceptors (Lipinski definition) is 4. The molecule has 1 heterocycles. The van der Waals surface area contributed by atoms with E-state index in [-0.39, 0.29) is 12.4 Å². The molecule has 0 saturated heterocycles. The van der Waals surface area contributed by atoms with E-state index >= 15 is 0 Å². The molecule has 0 aliphatic heterocycles. The van der Waals surface area contributed by atoms with Gasteiger partial charge in [-0.2, -0.15) is 0 Å². The molecule has 17 heavy (non-hydrogen) atoms. The van der Waals surface area contributed by atoms with Crippen LogP contribution in [0.4, 0.5) is 0 Å². The number of thiophene rings is 1. The Kier molecular flexibility index (Phi) is 4.25. The quantitative estimate of drug-likeness (QED) is 0.796. The molecule has 0 aliphatic rings. The fourth-order valence-corrected chi connectivity index (χ4v) is 2.67. The molecule has 2 aromatic rings. The van der Waals surface area contributed by atoms with Gasteiger partial charge >= 0.3 is 0 Å². The van der Waals surface area contributed by atoms with Crippen molar-refractivity contribution in [2.45, 2.75) is 6.42 Å². The van der Waals surface area contributed by atoms with Crippen molar-refractivity contribution in [2.75, 3.05) is 19.8 Å². The molecule has 0 bridgehead atoms. The van der Waals surface area contributed by atoms with E-state index in [2.05, 4.69) is 12.1 Å². The Labute approximate surface area is 104 Å². The number of nitrogens with two attached hydrogens (primary N) is 1. The third-order valence-electron chi connectivity index (χ3n) is 2.47. The predicted molar refractivity (Wildman–Crippen MR) is 70.4 cm³/mol. The summed E-state index contributed by atoms with van der Waals surface area (Å²) in [6.07, 6.45) is 0.439. The van der Waals surface area contributed by atoms with Crippen LogP contribution in [0.5, 0.6) is 0 Å². The lowest BCUT2D eigenvalue weighted by molar-refractivity contribution is -0.122. The maximum atomic E-state index is 11.7. The molecule has 4 heteroatoms. The Bertz CT molecular complexity index is 507. The Morgan fingerprint density at radius 3 is 3.00 bits per heavy atom. The van der Waals surface area contributed by atoms with E-state index in [1.54, 1.807) is 11.3 Å². The van der Waals surface area contributed by atoms with Gasteiger partial charge in [0.05, 0.1) is 6.61 Å². The second-order valence-electron chi connectivity index (χ2n) is 3.81. The van der Waals surface area contributed by atoms with Crippen molar-refractivity contribution >= 4 is 27.2 Å². The average Bonchev–Trinajstić information content (AvgIpc) is 2.73. The van der Waals surface area contributed by atoms with Gasteiger partial charge in [-0.05, 0) is 22.4 Å². The van der Waals surface area contributed by atoms with Crippen molar-refractivity contribution in [3.8, 4) is 0 Å². The van der Waals surface area contributed by atoms with Gasteiger partial charge in [0.25, 0.3) is 0 Å².